The number of hydrogen-bond donors (Lipinski definition) is 2. The number of nitrogens with one attached hydrogen (secondary N) is 2. The van der Waals surface area contributed by atoms with Crippen LogP contribution in [0, 0.1) is 0 Å². The molecule has 2 nitrogen and oxygen atoms in total. The molecule has 2 bridgehead atoms. The average molecular weight is 274 g/mol. The zero-order chi connectivity index (χ0) is 5.40. The van der Waals surface area contributed by atoms with Crippen LogP contribution in [0.5, 0.6) is 0 Å². The van der Waals surface area contributed by atoms with Crippen molar-refractivity contribution in [3.05, 3.63) is 0 Å². The molecular weight excluding hydrogens is 260 g/mol. The van der Waals surface area contributed by atoms with Gasteiger partial charge in [-0.2, -0.15) is 0 Å². The Morgan fingerprint density at radius 2 is 1.20 bits per heavy atom. The first-order valence-corrected chi connectivity index (χ1v) is 3.42. The minimum atomic E-state index is 0. The van der Waals surface area contributed by atoms with Crippen LogP contribution in [0.1, 0.15) is 12.8 Å². The quantitative estimate of drug-likeness (QED) is 0.684. The second-order valence-corrected chi connectivity index (χ2v) is 2.79. The molecule has 0 aromatic rings. The van der Waals surface area contributed by atoms with Crippen LogP contribution in [0.15, 0.2) is 0 Å². The van der Waals surface area contributed by atoms with Gasteiger partial charge in [0.25, 0.3) is 0 Å². The molecule has 10 heavy (non-hydrogen) atoms. The van der Waals surface area contributed by atoms with Gasteiger partial charge in [0.2, 0.25) is 0 Å². The Morgan fingerprint density at radius 3 is 1.30 bits per heavy atom. The number of piperidine rings is 2. The van der Waals surface area contributed by atoms with Crippen LogP contribution < -0.4 is 10.6 Å². The highest BCUT2D eigenvalue weighted by Crippen LogP contribution is 2.12. The molecule has 3 heterocycles. The maximum Gasteiger partial charge on any atom is 0.0193 e. The van der Waals surface area contributed by atoms with Gasteiger partial charge in [0, 0.05) is 25.2 Å². The number of fused-ring (bicyclic) bond motifs is 3. The first kappa shape index (κ1) is 10.9. The van der Waals surface area contributed by atoms with Gasteiger partial charge in [-0.15, -0.1) is 34.0 Å². The molecule has 0 radical (unpaired) electrons. The first-order chi connectivity index (χ1) is 3.95. The van der Waals surface area contributed by atoms with E-state index in [4.69, 9.17) is 0 Å². The Hall–Kier alpha value is 0.880. The highest BCUT2D eigenvalue weighted by atomic mass is 79.9. The van der Waals surface area contributed by atoms with Crippen molar-refractivity contribution in [3.63, 3.8) is 0 Å². The predicted molar refractivity (Wildman–Crippen MR) is 53.5 cm³/mol. The van der Waals surface area contributed by atoms with Gasteiger partial charge < -0.3 is 10.6 Å². The number of rotatable bonds is 0. The number of piperazine rings is 1. The molecule has 3 rings (SSSR count). The lowest BCUT2D eigenvalue weighted by Crippen LogP contribution is -2.58. The highest BCUT2D eigenvalue weighted by molar-refractivity contribution is 8.93. The molecule has 3 aliphatic heterocycles. The molecular formula is C6H14Br2N2. The summed E-state index contributed by atoms with van der Waals surface area (Å²) in [5.41, 5.74) is 0. The molecule has 62 valence electrons. The van der Waals surface area contributed by atoms with Crippen LogP contribution in [0.25, 0.3) is 0 Å². The van der Waals surface area contributed by atoms with E-state index in [1.165, 1.54) is 25.9 Å². The average Bonchev–Trinajstić information content (AvgIpc) is 1.92. The summed E-state index contributed by atoms with van der Waals surface area (Å²) in [6.07, 6.45) is 2.77. The zero-order valence-electron chi connectivity index (χ0n) is 5.80. The molecule has 0 aromatic carbocycles. The fourth-order valence-electron chi connectivity index (χ4n) is 1.57. The normalized spacial score (nSPS) is 36.0. The molecule has 3 fully saturated rings. The van der Waals surface area contributed by atoms with Gasteiger partial charge in [0.05, 0.1) is 0 Å². The molecule has 0 aromatic heterocycles. The number of hydrogen-bond acceptors (Lipinski definition) is 2. The van der Waals surface area contributed by atoms with Crippen LogP contribution in [0.2, 0.25) is 0 Å². The van der Waals surface area contributed by atoms with Gasteiger partial charge in [-0.1, -0.05) is 0 Å². The summed E-state index contributed by atoms with van der Waals surface area (Å²) < 4.78 is 0. The summed E-state index contributed by atoms with van der Waals surface area (Å²) in [5.74, 6) is 0. The molecule has 0 amide bonds. The van der Waals surface area contributed by atoms with Crippen LogP contribution in [-0.2, 0) is 0 Å². The SMILES string of the molecule is Br.Br.C1CC2CNC1CN2. The largest absolute Gasteiger partial charge is 0.311 e. The van der Waals surface area contributed by atoms with Crippen molar-refractivity contribution in [2.24, 2.45) is 0 Å². The van der Waals surface area contributed by atoms with E-state index >= 15 is 0 Å². The van der Waals surface area contributed by atoms with Gasteiger partial charge in [-0.25, -0.2) is 0 Å². The summed E-state index contributed by atoms with van der Waals surface area (Å²) in [4.78, 5) is 0. The lowest BCUT2D eigenvalue weighted by molar-refractivity contribution is 0.251. The summed E-state index contributed by atoms with van der Waals surface area (Å²) in [5, 5.41) is 6.91. The maximum atomic E-state index is 3.46. The molecule has 2 unspecified atom stereocenters. The lowest BCUT2D eigenvalue weighted by atomic mass is 9.96. The molecule has 2 atom stereocenters. The van der Waals surface area contributed by atoms with E-state index in [0.717, 1.165) is 12.1 Å². The van der Waals surface area contributed by atoms with Crippen LogP contribution in [0.3, 0.4) is 0 Å². The maximum absolute atomic E-state index is 3.46. The highest BCUT2D eigenvalue weighted by Gasteiger charge is 2.25. The van der Waals surface area contributed by atoms with Gasteiger partial charge in [0.15, 0.2) is 0 Å². The van der Waals surface area contributed by atoms with Crippen molar-refractivity contribution in [1.82, 2.24) is 10.6 Å². The van der Waals surface area contributed by atoms with Gasteiger partial charge in [-0.3, -0.25) is 0 Å². The molecule has 3 saturated heterocycles. The van der Waals surface area contributed by atoms with Gasteiger partial charge in [0.1, 0.15) is 0 Å². The van der Waals surface area contributed by atoms with E-state index in [2.05, 4.69) is 10.6 Å². The van der Waals surface area contributed by atoms with Crippen LogP contribution in [-0.4, -0.2) is 25.2 Å². The van der Waals surface area contributed by atoms with Crippen molar-refractivity contribution < 1.29 is 0 Å². The summed E-state index contributed by atoms with van der Waals surface area (Å²) >= 11 is 0. The topological polar surface area (TPSA) is 24.1 Å². The zero-order valence-corrected chi connectivity index (χ0v) is 9.23. The molecule has 2 N–H and O–H groups in total. The second-order valence-electron chi connectivity index (χ2n) is 2.79. The standard InChI is InChI=1S/C6H12N2.2BrH/c1-2-6-4-7-5(1)3-8-6;;/h5-8H,1-4H2;2*1H. The smallest absolute Gasteiger partial charge is 0.0193 e. The molecule has 3 aliphatic rings. The fourth-order valence-corrected chi connectivity index (χ4v) is 1.57. The lowest BCUT2D eigenvalue weighted by Gasteiger charge is -2.37. The van der Waals surface area contributed by atoms with E-state index < -0.39 is 0 Å². The van der Waals surface area contributed by atoms with E-state index in [1.807, 2.05) is 0 Å². The molecule has 0 spiro atoms. The van der Waals surface area contributed by atoms with Gasteiger partial charge in [-0.05, 0) is 12.8 Å². The Balaban J connectivity index is 0.000000405. The third-order valence-corrected chi connectivity index (χ3v) is 2.17. The van der Waals surface area contributed by atoms with Crippen molar-refractivity contribution in [2.45, 2.75) is 24.9 Å². The van der Waals surface area contributed by atoms with E-state index in [9.17, 15) is 0 Å². The van der Waals surface area contributed by atoms with Gasteiger partial charge >= 0.3 is 0 Å². The first-order valence-electron chi connectivity index (χ1n) is 3.42. The monoisotopic (exact) mass is 272 g/mol. The predicted octanol–water partition coefficient (Wildman–Crippen LogP) is 0.866. The molecule has 4 heteroatoms. The summed E-state index contributed by atoms with van der Waals surface area (Å²) in [6.45, 7) is 2.40. The Morgan fingerprint density at radius 1 is 0.800 bits per heavy atom. The Labute approximate surface area is 82.7 Å². The van der Waals surface area contributed by atoms with Crippen molar-refractivity contribution in [2.75, 3.05) is 13.1 Å². The minimum Gasteiger partial charge on any atom is -0.311 e. The Bertz CT molecular complexity index is 68.7. The second kappa shape index (κ2) is 4.70. The minimum absolute atomic E-state index is 0. The third-order valence-electron chi connectivity index (χ3n) is 2.17. The Kier molecular flexibility index (Phi) is 5.11. The van der Waals surface area contributed by atoms with E-state index in [1.54, 1.807) is 0 Å². The van der Waals surface area contributed by atoms with Crippen molar-refractivity contribution >= 4 is 34.0 Å². The third kappa shape index (κ3) is 2.19. The van der Waals surface area contributed by atoms with Crippen molar-refractivity contribution in [3.8, 4) is 0 Å². The van der Waals surface area contributed by atoms with Crippen molar-refractivity contribution in [1.29, 1.82) is 0 Å². The fraction of sp³-hybridized carbons (Fsp3) is 1.00. The van der Waals surface area contributed by atoms with Crippen LogP contribution in [0.4, 0.5) is 0 Å². The number of halogens is 2. The summed E-state index contributed by atoms with van der Waals surface area (Å²) in [6, 6.07) is 1.58. The summed E-state index contributed by atoms with van der Waals surface area (Å²) in [7, 11) is 0. The van der Waals surface area contributed by atoms with E-state index in [0.29, 0.717) is 0 Å². The molecule has 0 saturated carbocycles. The van der Waals surface area contributed by atoms with Crippen LogP contribution >= 0.6 is 34.0 Å². The van der Waals surface area contributed by atoms with E-state index in [-0.39, 0.29) is 34.0 Å². The molecule has 0 aliphatic carbocycles.